The van der Waals surface area contributed by atoms with Crippen molar-refractivity contribution >= 4 is 24.6 Å². The molecule has 2 aromatic rings. The number of nitrogens with one attached hydrogen (secondary N) is 1. The van der Waals surface area contributed by atoms with E-state index >= 15 is 0 Å². The lowest BCUT2D eigenvalue weighted by molar-refractivity contribution is -0.0907. The van der Waals surface area contributed by atoms with Gasteiger partial charge in [0.2, 0.25) is 10.0 Å². The molecule has 5 atom stereocenters. The van der Waals surface area contributed by atoms with Gasteiger partial charge < -0.3 is 34.5 Å². The number of carbonyl (C=O) groups is 1. The predicted octanol–water partition coefficient (Wildman–Crippen LogP) is 3.13. The van der Waals surface area contributed by atoms with Crippen LogP contribution in [-0.2, 0) is 35.2 Å². The van der Waals surface area contributed by atoms with Crippen molar-refractivity contribution in [2.24, 2.45) is 11.8 Å². The number of aliphatic hydroxyl groups is 1. The molecule has 14 heteroatoms. The van der Waals surface area contributed by atoms with Crippen molar-refractivity contribution in [3.8, 4) is 11.5 Å². The Labute approximate surface area is 247 Å². The molecule has 2 aromatic carbocycles. The van der Waals surface area contributed by atoms with Crippen LogP contribution in [0.15, 0.2) is 53.4 Å². The topological polar surface area (TPSA) is 161 Å². The summed E-state index contributed by atoms with van der Waals surface area (Å²) in [6.45, 7) is 4.26. The van der Waals surface area contributed by atoms with Crippen LogP contribution in [0.4, 0.5) is 4.79 Å². The van der Waals surface area contributed by atoms with Crippen molar-refractivity contribution in [3.05, 3.63) is 54.1 Å². The fourth-order valence-corrected chi connectivity index (χ4v) is 6.83. The van der Waals surface area contributed by atoms with Crippen LogP contribution < -0.4 is 10.1 Å². The molecule has 1 unspecified atom stereocenters. The van der Waals surface area contributed by atoms with Gasteiger partial charge in [-0.15, -0.1) is 0 Å². The van der Waals surface area contributed by atoms with E-state index in [1.165, 1.54) is 40.7 Å². The standard InChI is InChI=1S/C28H37N2O10PS/c1-18(2)14-30(42(35,36)22-9-7-21(8-10-22)39-17-41-34)15-25(32)24(13-19-3-5-20(31)6-4-19)29-28(33)40-26-16-38-27-23(26)11-12-37-27/h3-10,18,23-27,31-32H,11-17H2,1-2H3,(H,29,33)/t23-,24-,25+,26?,27+/m0/s1. The van der Waals surface area contributed by atoms with E-state index in [9.17, 15) is 28.0 Å². The molecule has 0 radical (unpaired) electrons. The molecule has 2 aliphatic heterocycles. The molecule has 2 heterocycles. The molecule has 2 fully saturated rings. The van der Waals surface area contributed by atoms with Crippen LogP contribution in [0.1, 0.15) is 25.8 Å². The highest BCUT2D eigenvalue weighted by atomic mass is 32.2. The zero-order valence-corrected chi connectivity index (χ0v) is 25.2. The highest BCUT2D eigenvalue weighted by Crippen LogP contribution is 2.33. The second kappa shape index (κ2) is 14.6. The average Bonchev–Trinajstić information content (AvgIpc) is 3.57. The van der Waals surface area contributed by atoms with Gasteiger partial charge in [0.15, 0.2) is 21.1 Å². The zero-order valence-electron chi connectivity index (χ0n) is 23.5. The third kappa shape index (κ3) is 8.40. The van der Waals surface area contributed by atoms with Crippen molar-refractivity contribution in [3.63, 3.8) is 0 Å². The molecule has 0 aliphatic carbocycles. The molecule has 2 saturated heterocycles. The van der Waals surface area contributed by atoms with Gasteiger partial charge in [0, 0.05) is 13.1 Å². The third-order valence-electron chi connectivity index (χ3n) is 7.11. The quantitative estimate of drug-likeness (QED) is 0.267. The Morgan fingerprint density at radius 2 is 1.83 bits per heavy atom. The molecule has 12 nitrogen and oxygen atoms in total. The SMILES string of the molecule is CC(C)CN(C[C@@H](O)[C@H](Cc1ccc(O)cc1)NC(=O)OC1CO[C@H]2OCC[C@@H]12)S(=O)(=O)c1ccc(OCP=O)cc1. The maximum Gasteiger partial charge on any atom is 0.407 e. The molecule has 0 bridgehead atoms. The van der Waals surface area contributed by atoms with Crippen molar-refractivity contribution in [2.75, 3.05) is 32.7 Å². The molecule has 42 heavy (non-hydrogen) atoms. The molecule has 1 amide bonds. The minimum absolute atomic E-state index is 0.000557. The summed E-state index contributed by atoms with van der Waals surface area (Å²) in [6, 6.07) is 11.1. The summed E-state index contributed by atoms with van der Waals surface area (Å²) in [5.74, 6) is 0.297. The summed E-state index contributed by atoms with van der Waals surface area (Å²) in [5.41, 5.74) is 0.705. The number of sulfonamides is 1. The van der Waals surface area contributed by atoms with Gasteiger partial charge in [-0.25, -0.2) is 13.2 Å². The summed E-state index contributed by atoms with van der Waals surface area (Å²) in [5, 5.41) is 23.8. The predicted molar refractivity (Wildman–Crippen MR) is 152 cm³/mol. The Morgan fingerprint density at radius 1 is 1.12 bits per heavy atom. The number of aromatic hydroxyl groups is 1. The van der Waals surface area contributed by atoms with Gasteiger partial charge in [-0.2, -0.15) is 4.31 Å². The lowest BCUT2D eigenvalue weighted by Gasteiger charge is -2.31. The molecule has 2 aliphatic rings. The smallest absolute Gasteiger partial charge is 0.407 e. The Morgan fingerprint density at radius 3 is 2.50 bits per heavy atom. The number of nitrogens with zero attached hydrogens (tertiary/aromatic N) is 1. The lowest BCUT2D eigenvalue weighted by Crippen LogP contribution is -2.51. The number of benzene rings is 2. The third-order valence-corrected chi connectivity index (χ3v) is 9.19. The first kappa shape index (κ1) is 32.1. The van der Waals surface area contributed by atoms with Gasteiger partial charge in [-0.1, -0.05) is 26.0 Å². The average molecular weight is 625 g/mol. The van der Waals surface area contributed by atoms with Gasteiger partial charge >= 0.3 is 6.09 Å². The fourth-order valence-electron chi connectivity index (χ4n) is 5.01. The first-order valence-electron chi connectivity index (χ1n) is 13.7. The largest absolute Gasteiger partial charge is 0.508 e. The summed E-state index contributed by atoms with van der Waals surface area (Å²) >= 11 is 0. The maximum absolute atomic E-state index is 13.7. The number of ether oxygens (including phenoxy) is 4. The molecular weight excluding hydrogens is 587 g/mol. The van der Waals surface area contributed by atoms with E-state index in [4.69, 9.17) is 18.9 Å². The molecular formula is C28H37N2O10PS. The number of aliphatic hydroxyl groups excluding tert-OH is 1. The van der Waals surface area contributed by atoms with Gasteiger partial charge in [0.05, 0.1) is 36.2 Å². The molecule has 0 saturated carbocycles. The van der Waals surface area contributed by atoms with Crippen LogP contribution in [0.5, 0.6) is 11.5 Å². The summed E-state index contributed by atoms with van der Waals surface area (Å²) < 4.78 is 61.1. The van der Waals surface area contributed by atoms with Crippen LogP contribution in [-0.4, -0.2) is 86.2 Å². The summed E-state index contributed by atoms with van der Waals surface area (Å²) in [7, 11) is -4.25. The van der Waals surface area contributed by atoms with Gasteiger partial charge in [0.1, 0.15) is 17.6 Å². The molecule has 3 N–H and O–H groups in total. The van der Waals surface area contributed by atoms with Crippen LogP contribution in [0.2, 0.25) is 0 Å². The Hall–Kier alpha value is -2.80. The van der Waals surface area contributed by atoms with Crippen LogP contribution in [0, 0.1) is 11.8 Å². The molecule has 230 valence electrons. The fraction of sp³-hybridized carbons (Fsp3) is 0.536. The van der Waals surface area contributed by atoms with Crippen molar-refractivity contribution in [1.29, 1.82) is 0 Å². The highest BCUT2D eigenvalue weighted by Gasteiger charge is 2.44. The number of carbonyl (C=O) groups excluding carboxylic acids is 1. The Kier molecular flexibility index (Phi) is 11.2. The zero-order chi connectivity index (χ0) is 30.3. The van der Waals surface area contributed by atoms with Crippen molar-refractivity contribution in [1.82, 2.24) is 9.62 Å². The minimum Gasteiger partial charge on any atom is -0.508 e. The number of rotatable bonds is 14. The van der Waals surface area contributed by atoms with E-state index in [1.54, 1.807) is 12.1 Å². The van der Waals surface area contributed by atoms with E-state index < -0.39 is 40.7 Å². The maximum atomic E-state index is 13.7. The molecule has 0 spiro atoms. The highest BCUT2D eigenvalue weighted by molar-refractivity contribution is 7.89. The number of alkyl carbamates (subject to hydrolysis) is 1. The van der Waals surface area contributed by atoms with E-state index in [-0.39, 0.29) is 63.4 Å². The Balaban J connectivity index is 1.51. The number of amides is 1. The second-order valence-corrected chi connectivity index (χ2v) is 13.2. The number of fused-ring (bicyclic) bond motifs is 1. The minimum atomic E-state index is -4.05. The summed E-state index contributed by atoms with van der Waals surface area (Å²) in [4.78, 5) is 13.0. The summed E-state index contributed by atoms with van der Waals surface area (Å²) in [6.07, 6.45) is -2.18. The van der Waals surface area contributed by atoms with Crippen molar-refractivity contribution < 1.29 is 46.9 Å². The van der Waals surface area contributed by atoms with E-state index in [0.717, 1.165) is 0 Å². The number of hydrogen-bond donors (Lipinski definition) is 3. The van der Waals surface area contributed by atoms with Gasteiger partial charge in [-0.05, 0) is 60.7 Å². The lowest BCUT2D eigenvalue weighted by atomic mass is 10.0. The molecule has 4 rings (SSSR count). The number of hydrogen-bond acceptors (Lipinski definition) is 10. The van der Waals surface area contributed by atoms with Crippen LogP contribution in [0.3, 0.4) is 0 Å². The number of phenols is 1. The number of phenolic OH excluding ortho intramolecular Hbond substituents is 1. The first-order valence-corrected chi connectivity index (χ1v) is 16.2. The van der Waals surface area contributed by atoms with E-state index in [0.29, 0.717) is 24.3 Å². The first-order chi connectivity index (χ1) is 20.1. The van der Waals surface area contributed by atoms with Gasteiger partial charge in [-0.3, -0.25) is 4.57 Å². The second-order valence-electron chi connectivity index (χ2n) is 10.7. The van der Waals surface area contributed by atoms with Crippen molar-refractivity contribution in [2.45, 2.75) is 56.1 Å². The monoisotopic (exact) mass is 624 g/mol. The Bertz CT molecular complexity index is 1290. The normalized spacial score (nSPS) is 21.8. The van der Waals surface area contributed by atoms with Gasteiger partial charge in [0.25, 0.3) is 0 Å². The van der Waals surface area contributed by atoms with E-state index in [2.05, 4.69) is 5.32 Å². The van der Waals surface area contributed by atoms with E-state index in [1.807, 2.05) is 13.8 Å². The van der Waals surface area contributed by atoms with Crippen LogP contribution >= 0.6 is 8.46 Å². The van der Waals surface area contributed by atoms with Crippen LogP contribution in [0.25, 0.3) is 0 Å². The molecule has 0 aromatic heterocycles.